The van der Waals surface area contributed by atoms with Gasteiger partial charge in [-0.2, -0.15) is 13.5 Å². The van der Waals surface area contributed by atoms with Crippen molar-refractivity contribution in [3.05, 3.63) is 22.0 Å². The number of aryl methyl sites for hydroxylation is 1. The van der Waals surface area contributed by atoms with Crippen LogP contribution in [0, 0.1) is 17.0 Å². The van der Waals surface area contributed by atoms with Crippen molar-refractivity contribution in [2.24, 2.45) is 0 Å². The van der Waals surface area contributed by atoms with Crippen molar-refractivity contribution in [1.82, 2.24) is 9.78 Å². The molecule has 9 heteroatoms. The number of nitro groups is 1. The van der Waals surface area contributed by atoms with Crippen molar-refractivity contribution in [3.8, 4) is 0 Å². The maximum atomic E-state index is 10.9. The molecule has 0 aliphatic heterocycles. The van der Waals surface area contributed by atoms with E-state index in [1.165, 1.54) is 10.9 Å². The molecule has 1 saturated carbocycles. The predicted molar refractivity (Wildman–Crippen MR) is 61.6 cm³/mol. The minimum atomic E-state index is -3.44. The van der Waals surface area contributed by atoms with Crippen molar-refractivity contribution in [2.75, 3.05) is 6.26 Å². The Balaban J connectivity index is 2.00. The molecule has 8 nitrogen and oxygen atoms in total. The first-order chi connectivity index (χ1) is 8.26. The first-order valence-corrected chi connectivity index (χ1v) is 7.16. The lowest BCUT2D eigenvalue weighted by Crippen LogP contribution is -2.35. The van der Waals surface area contributed by atoms with Crippen LogP contribution >= 0.6 is 0 Å². The first-order valence-electron chi connectivity index (χ1n) is 5.34. The molecular weight excluding hydrogens is 262 g/mol. The van der Waals surface area contributed by atoms with Gasteiger partial charge in [-0.3, -0.25) is 19.0 Å². The molecule has 1 aliphatic carbocycles. The van der Waals surface area contributed by atoms with Crippen LogP contribution in [-0.4, -0.2) is 35.5 Å². The molecule has 0 bridgehead atoms. The average Bonchev–Trinajstić information content (AvgIpc) is 2.51. The summed E-state index contributed by atoms with van der Waals surface area (Å²) in [5.41, 5.74) is 0.329. The molecule has 0 saturated heterocycles. The van der Waals surface area contributed by atoms with Gasteiger partial charge in [0, 0.05) is 0 Å². The Bertz CT molecular complexity index is 573. The van der Waals surface area contributed by atoms with E-state index in [4.69, 9.17) is 4.18 Å². The second kappa shape index (κ2) is 4.32. The zero-order chi connectivity index (χ0) is 13.5. The van der Waals surface area contributed by atoms with Gasteiger partial charge >= 0.3 is 5.69 Å². The first kappa shape index (κ1) is 13.0. The molecule has 1 fully saturated rings. The molecule has 2 rings (SSSR count). The summed E-state index contributed by atoms with van der Waals surface area (Å²) in [4.78, 5) is 10.2. The van der Waals surface area contributed by atoms with Crippen molar-refractivity contribution < 1.29 is 17.5 Å². The van der Waals surface area contributed by atoms with E-state index in [0.717, 1.165) is 6.26 Å². The lowest BCUT2D eigenvalue weighted by atomic mass is 9.90. The fraction of sp³-hybridized carbons (Fsp3) is 0.667. The van der Waals surface area contributed by atoms with E-state index < -0.39 is 15.0 Å². The van der Waals surface area contributed by atoms with Crippen LogP contribution in [0.4, 0.5) is 5.69 Å². The molecule has 0 unspecified atom stereocenters. The molecule has 0 radical (unpaired) electrons. The van der Waals surface area contributed by atoms with E-state index in [1.54, 1.807) is 6.92 Å². The molecule has 0 spiro atoms. The van der Waals surface area contributed by atoms with Gasteiger partial charge in [0.05, 0.1) is 23.3 Å². The molecule has 0 aromatic carbocycles. The van der Waals surface area contributed by atoms with Gasteiger partial charge in [-0.05, 0) is 19.8 Å². The zero-order valence-electron chi connectivity index (χ0n) is 9.94. The molecule has 18 heavy (non-hydrogen) atoms. The standard InChI is InChI=1S/C9H13N3O5S/c1-6-9(12(13)14)5-11(10-6)7-3-8(4-7)17-18(2,15)16/h5,7-8H,3-4H2,1-2H3. The Morgan fingerprint density at radius 1 is 1.56 bits per heavy atom. The van der Waals surface area contributed by atoms with Gasteiger partial charge in [-0.1, -0.05) is 0 Å². The Hall–Kier alpha value is -1.48. The van der Waals surface area contributed by atoms with Crippen LogP contribution in [0.5, 0.6) is 0 Å². The topological polar surface area (TPSA) is 104 Å². The molecule has 0 N–H and O–H groups in total. The van der Waals surface area contributed by atoms with Gasteiger partial charge in [-0.25, -0.2) is 0 Å². The molecule has 1 aromatic heterocycles. The van der Waals surface area contributed by atoms with E-state index in [9.17, 15) is 18.5 Å². The summed E-state index contributed by atoms with van der Waals surface area (Å²) in [6.45, 7) is 1.57. The zero-order valence-corrected chi connectivity index (χ0v) is 10.8. The Morgan fingerprint density at radius 2 is 2.17 bits per heavy atom. The quantitative estimate of drug-likeness (QED) is 0.457. The molecule has 0 atom stereocenters. The summed E-state index contributed by atoms with van der Waals surface area (Å²) in [6.07, 6.45) is 3.00. The van der Waals surface area contributed by atoms with Crippen LogP contribution in [0.15, 0.2) is 6.20 Å². The van der Waals surface area contributed by atoms with Crippen molar-refractivity contribution in [2.45, 2.75) is 31.9 Å². The third-order valence-electron chi connectivity index (χ3n) is 2.84. The minimum Gasteiger partial charge on any atom is -0.267 e. The van der Waals surface area contributed by atoms with Crippen molar-refractivity contribution >= 4 is 15.8 Å². The van der Waals surface area contributed by atoms with E-state index in [1.807, 2.05) is 0 Å². The molecule has 0 amide bonds. The van der Waals surface area contributed by atoms with E-state index in [-0.39, 0.29) is 17.8 Å². The number of hydrogen-bond donors (Lipinski definition) is 0. The van der Waals surface area contributed by atoms with Crippen LogP contribution in [-0.2, 0) is 14.3 Å². The van der Waals surface area contributed by atoms with Crippen LogP contribution in [0.3, 0.4) is 0 Å². The van der Waals surface area contributed by atoms with E-state index in [2.05, 4.69) is 5.10 Å². The summed E-state index contributed by atoms with van der Waals surface area (Å²) in [6, 6.07) is -0.0378. The van der Waals surface area contributed by atoms with Gasteiger partial charge in [0.15, 0.2) is 0 Å². The normalized spacial score (nSPS) is 23.7. The van der Waals surface area contributed by atoms with E-state index in [0.29, 0.717) is 18.5 Å². The van der Waals surface area contributed by atoms with Crippen LogP contribution in [0.1, 0.15) is 24.6 Å². The van der Waals surface area contributed by atoms with Gasteiger partial charge in [0.2, 0.25) is 0 Å². The summed E-state index contributed by atoms with van der Waals surface area (Å²) in [5.74, 6) is 0. The largest absolute Gasteiger partial charge is 0.309 e. The Morgan fingerprint density at radius 3 is 2.61 bits per heavy atom. The van der Waals surface area contributed by atoms with Gasteiger partial charge < -0.3 is 0 Å². The molecule has 1 aromatic rings. The summed E-state index contributed by atoms with van der Waals surface area (Å²) >= 11 is 0. The van der Waals surface area contributed by atoms with Gasteiger partial charge in [-0.15, -0.1) is 0 Å². The third kappa shape index (κ3) is 2.67. The molecule has 1 heterocycles. The lowest BCUT2D eigenvalue weighted by molar-refractivity contribution is -0.385. The molecule has 1 aliphatic rings. The monoisotopic (exact) mass is 275 g/mol. The van der Waals surface area contributed by atoms with Crippen LogP contribution in [0.2, 0.25) is 0 Å². The summed E-state index contributed by atoms with van der Waals surface area (Å²) in [7, 11) is -3.44. The molecule has 100 valence electrons. The fourth-order valence-electron chi connectivity index (χ4n) is 1.92. The lowest BCUT2D eigenvalue weighted by Gasteiger charge is -2.33. The minimum absolute atomic E-state index is 0.0255. The van der Waals surface area contributed by atoms with E-state index >= 15 is 0 Å². The highest BCUT2D eigenvalue weighted by molar-refractivity contribution is 7.86. The average molecular weight is 275 g/mol. The smallest absolute Gasteiger partial charge is 0.267 e. The highest BCUT2D eigenvalue weighted by Crippen LogP contribution is 2.36. The Labute approximate surface area is 104 Å². The third-order valence-corrected chi connectivity index (χ3v) is 3.46. The molecular formula is C9H13N3O5S. The van der Waals surface area contributed by atoms with Gasteiger partial charge in [0.25, 0.3) is 10.1 Å². The number of rotatable bonds is 4. The summed E-state index contributed by atoms with van der Waals surface area (Å²) < 4.78 is 28.1. The second-order valence-electron chi connectivity index (χ2n) is 4.38. The van der Waals surface area contributed by atoms with Gasteiger partial charge in [0.1, 0.15) is 11.9 Å². The number of nitrogens with zero attached hydrogens (tertiary/aromatic N) is 3. The highest BCUT2D eigenvalue weighted by atomic mass is 32.2. The van der Waals surface area contributed by atoms with Crippen molar-refractivity contribution in [3.63, 3.8) is 0 Å². The Kier molecular flexibility index (Phi) is 3.11. The maximum Gasteiger partial charge on any atom is 0.309 e. The predicted octanol–water partition coefficient (Wildman–Crippen LogP) is 0.779. The fourth-order valence-corrected chi connectivity index (χ4v) is 2.57. The van der Waals surface area contributed by atoms with Crippen molar-refractivity contribution in [1.29, 1.82) is 0 Å². The highest BCUT2D eigenvalue weighted by Gasteiger charge is 2.35. The van der Waals surface area contributed by atoms with Crippen LogP contribution < -0.4 is 0 Å². The number of hydrogen-bond acceptors (Lipinski definition) is 6. The summed E-state index contributed by atoms with van der Waals surface area (Å²) in [5, 5.41) is 14.7. The maximum absolute atomic E-state index is 10.9. The second-order valence-corrected chi connectivity index (χ2v) is 5.99. The SMILES string of the molecule is Cc1nn(C2CC(OS(C)(=O)=O)C2)cc1[N+](=O)[O-]. The number of aromatic nitrogens is 2. The van der Waals surface area contributed by atoms with Crippen LogP contribution in [0.25, 0.3) is 0 Å².